The normalized spacial score (nSPS) is 23.7. The number of amidine groups is 1. The first-order valence-corrected chi connectivity index (χ1v) is 5.08. The van der Waals surface area contributed by atoms with E-state index in [-0.39, 0.29) is 5.84 Å². The van der Waals surface area contributed by atoms with Crippen molar-refractivity contribution in [3.8, 4) is 0 Å². The summed E-state index contributed by atoms with van der Waals surface area (Å²) in [5, 5.41) is 14.5. The van der Waals surface area contributed by atoms with Crippen LogP contribution in [0.2, 0.25) is 0 Å². The molecule has 5 heteroatoms. The zero-order chi connectivity index (χ0) is 10.2. The Hall–Kier alpha value is -0.810. The number of nitrogens with one attached hydrogen (secondary N) is 1. The van der Waals surface area contributed by atoms with Gasteiger partial charge in [-0.1, -0.05) is 5.16 Å². The minimum Gasteiger partial charge on any atom is -0.409 e. The summed E-state index contributed by atoms with van der Waals surface area (Å²) in [6.45, 7) is 3.47. The second kappa shape index (κ2) is 6.62. The average molecular weight is 201 g/mol. The third-order valence-electron chi connectivity index (χ3n) is 2.37. The minimum atomic E-state index is 0.275. The molecule has 0 aromatic heterocycles. The van der Waals surface area contributed by atoms with Gasteiger partial charge in [0.05, 0.1) is 6.61 Å². The molecule has 0 aromatic rings. The number of rotatable bonds is 5. The van der Waals surface area contributed by atoms with Crippen molar-refractivity contribution in [3.05, 3.63) is 0 Å². The summed E-state index contributed by atoms with van der Waals surface area (Å²) in [6.07, 6.45) is 2.98. The van der Waals surface area contributed by atoms with Crippen molar-refractivity contribution in [1.82, 2.24) is 5.32 Å². The van der Waals surface area contributed by atoms with Gasteiger partial charge in [-0.15, -0.1) is 0 Å². The Morgan fingerprint density at radius 2 is 2.50 bits per heavy atom. The van der Waals surface area contributed by atoms with Gasteiger partial charge < -0.3 is 21.0 Å². The molecule has 0 aromatic carbocycles. The molecule has 1 heterocycles. The van der Waals surface area contributed by atoms with Gasteiger partial charge in [0.1, 0.15) is 5.84 Å². The van der Waals surface area contributed by atoms with Crippen LogP contribution < -0.4 is 11.1 Å². The first-order chi connectivity index (χ1) is 6.83. The predicted octanol–water partition coefficient (Wildman–Crippen LogP) is 0.139. The number of hydrogen-bond donors (Lipinski definition) is 3. The Morgan fingerprint density at radius 1 is 1.64 bits per heavy atom. The van der Waals surface area contributed by atoms with Gasteiger partial charge in [-0.05, 0) is 18.8 Å². The highest BCUT2D eigenvalue weighted by Crippen LogP contribution is 2.11. The summed E-state index contributed by atoms with van der Waals surface area (Å²) in [5.41, 5.74) is 5.33. The van der Waals surface area contributed by atoms with E-state index in [1.165, 1.54) is 6.42 Å². The first kappa shape index (κ1) is 11.3. The first-order valence-electron chi connectivity index (χ1n) is 5.08. The molecule has 4 N–H and O–H groups in total. The van der Waals surface area contributed by atoms with Gasteiger partial charge in [0.15, 0.2) is 0 Å². The third-order valence-corrected chi connectivity index (χ3v) is 2.37. The largest absolute Gasteiger partial charge is 0.409 e. The van der Waals surface area contributed by atoms with Crippen LogP contribution in [0, 0.1) is 5.92 Å². The van der Waals surface area contributed by atoms with Crippen molar-refractivity contribution in [2.75, 3.05) is 26.3 Å². The van der Waals surface area contributed by atoms with Crippen LogP contribution in [0.1, 0.15) is 19.3 Å². The topological polar surface area (TPSA) is 79.9 Å². The Kier molecular flexibility index (Phi) is 5.32. The summed E-state index contributed by atoms with van der Waals surface area (Å²) in [4.78, 5) is 0. The Morgan fingerprint density at radius 3 is 3.14 bits per heavy atom. The molecule has 0 aliphatic carbocycles. The van der Waals surface area contributed by atoms with E-state index in [1.807, 2.05) is 0 Å². The second-order valence-electron chi connectivity index (χ2n) is 3.63. The summed E-state index contributed by atoms with van der Waals surface area (Å²) in [6, 6.07) is 0. The lowest BCUT2D eigenvalue weighted by atomic mass is 10.0. The molecular formula is C9H19N3O2. The van der Waals surface area contributed by atoms with E-state index in [0.717, 1.165) is 32.7 Å². The predicted molar refractivity (Wildman–Crippen MR) is 54.4 cm³/mol. The maximum Gasteiger partial charge on any atom is 0.140 e. The van der Waals surface area contributed by atoms with Crippen LogP contribution in [-0.4, -0.2) is 37.3 Å². The van der Waals surface area contributed by atoms with Crippen molar-refractivity contribution in [1.29, 1.82) is 0 Å². The van der Waals surface area contributed by atoms with E-state index >= 15 is 0 Å². The lowest BCUT2D eigenvalue weighted by molar-refractivity contribution is 0.0550. The molecule has 14 heavy (non-hydrogen) atoms. The summed E-state index contributed by atoms with van der Waals surface area (Å²) >= 11 is 0. The molecule has 1 fully saturated rings. The number of hydrogen-bond acceptors (Lipinski definition) is 4. The van der Waals surface area contributed by atoms with Gasteiger partial charge in [0.25, 0.3) is 0 Å². The fourth-order valence-electron chi connectivity index (χ4n) is 1.54. The molecule has 0 amide bonds. The van der Waals surface area contributed by atoms with Gasteiger partial charge >= 0.3 is 0 Å². The van der Waals surface area contributed by atoms with Crippen LogP contribution >= 0.6 is 0 Å². The van der Waals surface area contributed by atoms with Crippen LogP contribution in [0.25, 0.3) is 0 Å². The van der Waals surface area contributed by atoms with Crippen molar-refractivity contribution in [2.45, 2.75) is 19.3 Å². The average Bonchev–Trinajstić information content (AvgIpc) is 2.25. The van der Waals surface area contributed by atoms with Gasteiger partial charge in [-0.3, -0.25) is 0 Å². The van der Waals surface area contributed by atoms with Crippen molar-refractivity contribution >= 4 is 5.84 Å². The van der Waals surface area contributed by atoms with Crippen LogP contribution in [0.3, 0.4) is 0 Å². The van der Waals surface area contributed by atoms with Crippen LogP contribution in [0.15, 0.2) is 5.16 Å². The van der Waals surface area contributed by atoms with Crippen molar-refractivity contribution < 1.29 is 9.94 Å². The molecule has 1 aliphatic rings. The van der Waals surface area contributed by atoms with Crippen LogP contribution in [0.4, 0.5) is 0 Å². The molecule has 1 aliphatic heterocycles. The zero-order valence-corrected chi connectivity index (χ0v) is 8.41. The summed E-state index contributed by atoms with van der Waals surface area (Å²) in [7, 11) is 0. The van der Waals surface area contributed by atoms with E-state index in [1.54, 1.807) is 0 Å². The number of nitrogens with zero attached hydrogens (tertiary/aromatic N) is 1. The number of ether oxygens (including phenoxy) is 1. The molecule has 1 saturated heterocycles. The molecule has 0 saturated carbocycles. The quantitative estimate of drug-likeness (QED) is 0.194. The SMILES string of the molecule is NC(CCNCC1CCCOC1)=NO. The van der Waals surface area contributed by atoms with Crippen molar-refractivity contribution in [3.63, 3.8) is 0 Å². The van der Waals surface area contributed by atoms with E-state index in [4.69, 9.17) is 15.7 Å². The molecular weight excluding hydrogens is 182 g/mol. The monoisotopic (exact) mass is 201 g/mol. The molecule has 1 atom stereocenters. The summed E-state index contributed by atoms with van der Waals surface area (Å²) in [5.74, 6) is 0.897. The lowest BCUT2D eigenvalue weighted by Gasteiger charge is -2.22. The summed E-state index contributed by atoms with van der Waals surface area (Å²) < 4.78 is 5.35. The van der Waals surface area contributed by atoms with Gasteiger partial charge in [-0.25, -0.2) is 0 Å². The van der Waals surface area contributed by atoms with Gasteiger partial charge in [0, 0.05) is 26.1 Å². The Balaban J connectivity index is 1.97. The number of nitrogens with two attached hydrogens (primary N) is 1. The molecule has 0 radical (unpaired) electrons. The lowest BCUT2D eigenvalue weighted by Crippen LogP contribution is -2.31. The Labute approximate surface area is 84.3 Å². The molecule has 82 valence electrons. The van der Waals surface area contributed by atoms with Crippen LogP contribution in [-0.2, 0) is 4.74 Å². The maximum atomic E-state index is 8.30. The zero-order valence-electron chi connectivity index (χ0n) is 8.41. The third kappa shape index (κ3) is 4.43. The minimum absolute atomic E-state index is 0.275. The Bertz CT molecular complexity index is 179. The standard InChI is InChI=1S/C9H19N3O2/c10-9(12-13)3-4-11-6-8-2-1-5-14-7-8/h8,11,13H,1-7H2,(H2,10,12). The smallest absolute Gasteiger partial charge is 0.140 e. The fourth-order valence-corrected chi connectivity index (χ4v) is 1.54. The van der Waals surface area contributed by atoms with Gasteiger partial charge in [-0.2, -0.15) is 0 Å². The highest BCUT2D eigenvalue weighted by atomic mass is 16.5. The van der Waals surface area contributed by atoms with Crippen LogP contribution in [0.5, 0.6) is 0 Å². The second-order valence-corrected chi connectivity index (χ2v) is 3.63. The van der Waals surface area contributed by atoms with Gasteiger partial charge in [0.2, 0.25) is 0 Å². The highest BCUT2D eigenvalue weighted by Gasteiger charge is 2.12. The highest BCUT2D eigenvalue weighted by molar-refractivity contribution is 5.79. The van der Waals surface area contributed by atoms with Crippen molar-refractivity contribution in [2.24, 2.45) is 16.8 Å². The molecule has 1 unspecified atom stereocenters. The molecule has 0 spiro atoms. The fraction of sp³-hybridized carbons (Fsp3) is 0.889. The molecule has 1 rings (SSSR count). The van der Waals surface area contributed by atoms with E-state index in [0.29, 0.717) is 12.3 Å². The van der Waals surface area contributed by atoms with E-state index < -0.39 is 0 Å². The van der Waals surface area contributed by atoms with E-state index in [9.17, 15) is 0 Å². The molecule has 5 nitrogen and oxygen atoms in total. The van der Waals surface area contributed by atoms with E-state index in [2.05, 4.69) is 10.5 Å². The maximum absolute atomic E-state index is 8.30. The number of oxime groups is 1. The molecule has 0 bridgehead atoms.